The molecule has 1 saturated heterocycles. The van der Waals surface area contributed by atoms with Crippen molar-refractivity contribution < 1.29 is 34.1 Å². The maximum absolute atomic E-state index is 13.9. The molecular formula is C27H28O7. The lowest BCUT2D eigenvalue weighted by Crippen LogP contribution is -2.73. The van der Waals surface area contributed by atoms with Gasteiger partial charge in [-0.05, 0) is 40.0 Å². The van der Waals surface area contributed by atoms with Gasteiger partial charge >= 0.3 is 5.97 Å². The Labute approximate surface area is 197 Å². The first-order chi connectivity index (χ1) is 16.0. The molecule has 7 heteroatoms. The maximum atomic E-state index is 13.9. The highest BCUT2D eigenvalue weighted by Crippen LogP contribution is 2.66. The van der Waals surface area contributed by atoms with Gasteiger partial charge in [0.05, 0.1) is 0 Å². The summed E-state index contributed by atoms with van der Waals surface area (Å²) < 4.78 is 12.5. The summed E-state index contributed by atoms with van der Waals surface area (Å²) in [5, 5.41) is 21.3. The van der Waals surface area contributed by atoms with E-state index in [1.165, 1.54) is 0 Å². The molecule has 5 aliphatic rings. The Bertz CT molecular complexity index is 1260. The first kappa shape index (κ1) is 22.4. The van der Waals surface area contributed by atoms with Gasteiger partial charge in [0.2, 0.25) is 5.60 Å². The molecular weight excluding hydrogens is 436 g/mol. The predicted molar refractivity (Wildman–Crippen MR) is 123 cm³/mol. The molecule has 0 radical (unpaired) electrons. The first-order valence-electron chi connectivity index (χ1n) is 11.5. The van der Waals surface area contributed by atoms with Crippen LogP contribution in [0.3, 0.4) is 0 Å². The van der Waals surface area contributed by atoms with Crippen LogP contribution >= 0.6 is 0 Å². The van der Waals surface area contributed by atoms with Gasteiger partial charge in [-0.1, -0.05) is 36.3 Å². The highest BCUT2D eigenvalue weighted by molar-refractivity contribution is 6.20. The van der Waals surface area contributed by atoms with Crippen LogP contribution in [0, 0.1) is 17.8 Å². The standard InChI is InChI=1S/C27H28O7/c1-12(2)6-7-15-18(28)11-19(29)20-22(30)17-10-16-14(5)21-25(32)34-26(24(16)31,9-8-13(3)4)27(17,21)33-23(15)20/h6,8,10-11,14,16,21,28-29H,7,9H2,1-5H3/t14-,16+,21-,26?,27+/m0/s1. The molecule has 7 nitrogen and oxygen atoms in total. The van der Waals surface area contributed by atoms with E-state index in [1.54, 1.807) is 13.0 Å². The summed E-state index contributed by atoms with van der Waals surface area (Å²) in [6.45, 7) is 9.36. The van der Waals surface area contributed by atoms with Crippen molar-refractivity contribution >= 4 is 17.5 Å². The number of ketones is 2. The van der Waals surface area contributed by atoms with Crippen LogP contribution in [0.2, 0.25) is 0 Å². The third kappa shape index (κ3) is 2.55. The smallest absolute Gasteiger partial charge is 0.315 e. The lowest BCUT2D eigenvalue weighted by molar-refractivity contribution is -0.173. The van der Waals surface area contributed by atoms with Crippen LogP contribution < -0.4 is 4.74 Å². The third-order valence-corrected chi connectivity index (χ3v) is 7.69. The molecule has 1 aromatic rings. The molecule has 3 aliphatic carbocycles. The summed E-state index contributed by atoms with van der Waals surface area (Å²) >= 11 is 0. The Balaban J connectivity index is 1.82. The highest BCUT2D eigenvalue weighted by Gasteiger charge is 2.82. The summed E-state index contributed by atoms with van der Waals surface area (Å²) in [4.78, 5) is 40.9. The zero-order valence-corrected chi connectivity index (χ0v) is 19.9. The van der Waals surface area contributed by atoms with Crippen molar-refractivity contribution in [3.8, 4) is 17.2 Å². The number of esters is 1. The molecule has 0 aromatic heterocycles. The quantitative estimate of drug-likeness (QED) is 0.513. The molecule has 2 fully saturated rings. The van der Waals surface area contributed by atoms with Gasteiger partial charge in [0.1, 0.15) is 28.7 Å². The van der Waals surface area contributed by atoms with Crippen molar-refractivity contribution in [2.45, 2.75) is 58.7 Å². The van der Waals surface area contributed by atoms with E-state index in [2.05, 4.69) is 0 Å². The van der Waals surface area contributed by atoms with Crippen LogP contribution in [0.25, 0.3) is 0 Å². The van der Waals surface area contributed by atoms with Gasteiger partial charge < -0.3 is 19.7 Å². The topological polar surface area (TPSA) is 110 Å². The molecule has 1 aromatic carbocycles. The average Bonchev–Trinajstić information content (AvgIpc) is 2.96. The van der Waals surface area contributed by atoms with Gasteiger partial charge in [-0.3, -0.25) is 14.4 Å². The maximum Gasteiger partial charge on any atom is 0.315 e. The summed E-state index contributed by atoms with van der Waals surface area (Å²) in [6.07, 6.45) is 5.60. The van der Waals surface area contributed by atoms with Crippen molar-refractivity contribution in [2.75, 3.05) is 0 Å². The van der Waals surface area contributed by atoms with Crippen LogP contribution in [0.1, 0.15) is 57.0 Å². The van der Waals surface area contributed by atoms with Crippen LogP contribution in [0.15, 0.2) is 41.0 Å². The zero-order chi connectivity index (χ0) is 24.7. The Morgan fingerprint density at radius 2 is 1.71 bits per heavy atom. The fourth-order valence-electron chi connectivity index (χ4n) is 6.07. The van der Waals surface area contributed by atoms with Crippen molar-refractivity contribution in [2.24, 2.45) is 17.8 Å². The molecule has 2 aliphatic heterocycles. The number of phenols is 2. The van der Waals surface area contributed by atoms with Crippen LogP contribution in [-0.2, 0) is 20.7 Å². The molecule has 5 atom stereocenters. The number of phenolic OH excluding ortho intramolecular Hbond substituents is 2. The largest absolute Gasteiger partial charge is 0.507 e. The molecule has 4 bridgehead atoms. The van der Waals surface area contributed by atoms with Gasteiger partial charge in [-0.15, -0.1) is 0 Å². The molecule has 2 N–H and O–H groups in total. The number of fused-ring (bicyclic) bond motifs is 1. The average molecular weight is 465 g/mol. The van der Waals surface area contributed by atoms with Crippen molar-refractivity contribution in [3.63, 3.8) is 0 Å². The van der Waals surface area contributed by atoms with E-state index in [-0.39, 0.29) is 41.3 Å². The lowest BCUT2D eigenvalue weighted by atomic mass is 9.49. The summed E-state index contributed by atoms with van der Waals surface area (Å²) in [6, 6.07) is 1.14. The molecule has 0 amide bonds. The molecule has 1 saturated carbocycles. The first-order valence-corrected chi connectivity index (χ1v) is 11.5. The number of aromatic hydroxyl groups is 2. The lowest BCUT2D eigenvalue weighted by Gasteiger charge is -2.56. The zero-order valence-electron chi connectivity index (χ0n) is 19.9. The van der Waals surface area contributed by atoms with Gasteiger partial charge in [-0.25, -0.2) is 0 Å². The molecule has 1 spiro atoms. The van der Waals surface area contributed by atoms with Crippen LogP contribution in [0.5, 0.6) is 17.2 Å². The minimum Gasteiger partial charge on any atom is -0.507 e. The fourth-order valence-corrected chi connectivity index (χ4v) is 6.07. The number of hydrogen-bond acceptors (Lipinski definition) is 7. The Morgan fingerprint density at radius 1 is 1.03 bits per heavy atom. The monoisotopic (exact) mass is 464 g/mol. The van der Waals surface area contributed by atoms with E-state index in [0.29, 0.717) is 5.56 Å². The minimum atomic E-state index is -1.69. The number of hydrogen-bond donors (Lipinski definition) is 2. The van der Waals surface area contributed by atoms with E-state index in [1.807, 2.05) is 39.8 Å². The molecule has 1 unspecified atom stereocenters. The molecule has 178 valence electrons. The van der Waals surface area contributed by atoms with Gasteiger partial charge in [0.25, 0.3) is 0 Å². The number of Topliss-reactive ketones (excluding diaryl/α,β-unsaturated/α-hetero) is 2. The van der Waals surface area contributed by atoms with Crippen molar-refractivity contribution in [3.05, 3.63) is 52.1 Å². The number of allylic oxidation sites excluding steroid dienone is 4. The minimum absolute atomic E-state index is 0.00220. The van der Waals surface area contributed by atoms with Crippen LogP contribution in [-0.4, -0.2) is 39.0 Å². The second-order valence-electron chi connectivity index (χ2n) is 10.3. The third-order valence-electron chi connectivity index (χ3n) is 7.69. The number of ether oxygens (including phenoxy) is 2. The van der Waals surface area contributed by atoms with Crippen molar-refractivity contribution in [1.29, 1.82) is 0 Å². The SMILES string of the molecule is CC(C)=CCc1c(O)cc(O)c2c1O[C@@]13C(=C[C@H]4C(=O)C1(CC=C(C)C)OC(=O)[C@@H]3[C@H]4C)C2=O. The van der Waals surface area contributed by atoms with E-state index < -0.39 is 46.5 Å². The van der Waals surface area contributed by atoms with Gasteiger partial charge in [0.15, 0.2) is 17.2 Å². The molecule has 2 heterocycles. The second kappa shape index (κ2) is 7.08. The fraction of sp³-hybridized carbons (Fsp3) is 0.444. The van der Waals surface area contributed by atoms with Crippen LogP contribution in [0.4, 0.5) is 0 Å². The van der Waals surface area contributed by atoms with E-state index in [4.69, 9.17) is 9.47 Å². The number of carbonyl (C=O) groups is 3. The Kier molecular flexibility index (Phi) is 4.67. The summed E-state index contributed by atoms with van der Waals surface area (Å²) in [5.41, 5.74) is -1.00. The Morgan fingerprint density at radius 3 is 2.35 bits per heavy atom. The second-order valence-corrected chi connectivity index (χ2v) is 10.3. The van der Waals surface area contributed by atoms with Gasteiger partial charge in [-0.2, -0.15) is 0 Å². The normalized spacial score (nSPS) is 32.3. The summed E-state index contributed by atoms with van der Waals surface area (Å²) in [5.74, 6) is -3.95. The number of rotatable bonds is 4. The molecule has 34 heavy (non-hydrogen) atoms. The highest BCUT2D eigenvalue weighted by atomic mass is 16.6. The summed E-state index contributed by atoms with van der Waals surface area (Å²) in [7, 11) is 0. The van der Waals surface area contributed by atoms with E-state index >= 15 is 0 Å². The van der Waals surface area contributed by atoms with E-state index in [0.717, 1.165) is 17.2 Å². The van der Waals surface area contributed by atoms with Crippen molar-refractivity contribution in [1.82, 2.24) is 0 Å². The predicted octanol–water partition coefficient (Wildman–Crippen LogP) is 3.96. The van der Waals surface area contributed by atoms with E-state index in [9.17, 15) is 24.6 Å². The Hall–Kier alpha value is -3.35. The molecule has 6 rings (SSSR count). The number of carbonyl (C=O) groups excluding carboxylic acids is 3. The van der Waals surface area contributed by atoms with Gasteiger partial charge in [0, 0.05) is 29.5 Å². The number of benzene rings is 1.